The van der Waals surface area contributed by atoms with Crippen molar-refractivity contribution in [3.63, 3.8) is 0 Å². The zero-order valence-electron chi connectivity index (χ0n) is 9.58. The van der Waals surface area contributed by atoms with Crippen LogP contribution in [0.5, 0.6) is 0 Å². The molecule has 0 aromatic heterocycles. The molecule has 0 bridgehead atoms. The second-order valence-electron chi connectivity index (χ2n) is 4.41. The van der Waals surface area contributed by atoms with Crippen molar-refractivity contribution in [1.29, 1.82) is 0 Å². The lowest BCUT2D eigenvalue weighted by Crippen LogP contribution is -2.62. The van der Waals surface area contributed by atoms with Gasteiger partial charge >= 0.3 is 5.97 Å². The fourth-order valence-corrected chi connectivity index (χ4v) is 1.41. The van der Waals surface area contributed by atoms with Crippen LogP contribution in [0.2, 0.25) is 0 Å². The first kappa shape index (κ1) is 12.9. The molecular formula is C10H18N2O4. The Kier molecular flexibility index (Phi) is 3.54. The van der Waals surface area contributed by atoms with Gasteiger partial charge < -0.3 is 20.9 Å². The van der Waals surface area contributed by atoms with Gasteiger partial charge in [0, 0.05) is 13.0 Å². The molecular weight excluding hydrogens is 212 g/mol. The standard InChI is InChI=1S/C10H18N2O4/c1-3-9(2,11)7(13)12-10(8(14)15)4-5-16-6-10/h3-6,11H2,1-2H3,(H,12,13)(H,14,15). The minimum atomic E-state index is -1.31. The van der Waals surface area contributed by atoms with Gasteiger partial charge in [-0.1, -0.05) is 6.92 Å². The molecule has 0 saturated carbocycles. The predicted octanol–water partition coefficient (Wildman–Crippen LogP) is -0.526. The number of ether oxygens (including phenoxy) is 1. The largest absolute Gasteiger partial charge is 0.479 e. The first-order valence-electron chi connectivity index (χ1n) is 5.27. The second-order valence-corrected chi connectivity index (χ2v) is 4.41. The van der Waals surface area contributed by atoms with Crippen LogP contribution in [-0.4, -0.2) is 41.3 Å². The van der Waals surface area contributed by atoms with Gasteiger partial charge in [0.1, 0.15) is 0 Å². The third kappa shape index (κ3) is 2.33. The number of rotatable bonds is 4. The molecule has 6 nitrogen and oxygen atoms in total. The zero-order valence-corrected chi connectivity index (χ0v) is 9.58. The molecule has 0 aromatic rings. The molecule has 6 heteroatoms. The zero-order chi connectivity index (χ0) is 12.4. The third-order valence-electron chi connectivity index (χ3n) is 3.04. The molecule has 1 aliphatic rings. The predicted molar refractivity (Wildman–Crippen MR) is 56.8 cm³/mol. The minimum absolute atomic E-state index is 0.00608. The van der Waals surface area contributed by atoms with Gasteiger partial charge in [0.15, 0.2) is 5.54 Å². The van der Waals surface area contributed by atoms with Crippen LogP contribution in [-0.2, 0) is 14.3 Å². The number of carboxylic acids is 1. The molecule has 1 amide bonds. The Morgan fingerprint density at radius 3 is 2.62 bits per heavy atom. The van der Waals surface area contributed by atoms with Crippen molar-refractivity contribution in [3.8, 4) is 0 Å². The Bertz CT molecular complexity index is 295. The smallest absolute Gasteiger partial charge is 0.331 e. The van der Waals surface area contributed by atoms with Crippen molar-refractivity contribution in [3.05, 3.63) is 0 Å². The first-order valence-corrected chi connectivity index (χ1v) is 5.27. The highest BCUT2D eigenvalue weighted by molar-refractivity contribution is 5.92. The van der Waals surface area contributed by atoms with E-state index >= 15 is 0 Å². The fraction of sp³-hybridized carbons (Fsp3) is 0.800. The summed E-state index contributed by atoms with van der Waals surface area (Å²) < 4.78 is 5.03. The summed E-state index contributed by atoms with van der Waals surface area (Å²) in [4.78, 5) is 22.9. The Labute approximate surface area is 94.1 Å². The molecule has 1 rings (SSSR count). The summed E-state index contributed by atoms with van der Waals surface area (Å²) >= 11 is 0. The van der Waals surface area contributed by atoms with Crippen molar-refractivity contribution >= 4 is 11.9 Å². The van der Waals surface area contributed by atoms with Gasteiger partial charge in [-0.05, 0) is 13.3 Å². The Hall–Kier alpha value is -1.14. The molecule has 1 saturated heterocycles. The molecule has 92 valence electrons. The molecule has 0 aromatic carbocycles. The van der Waals surface area contributed by atoms with Gasteiger partial charge in [-0.3, -0.25) is 4.79 Å². The van der Waals surface area contributed by atoms with Gasteiger partial charge in [0.05, 0.1) is 12.1 Å². The van der Waals surface area contributed by atoms with Crippen molar-refractivity contribution in [2.75, 3.05) is 13.2 Å². The lowest BCUT2D eigenvalue weighted by atomic mass is 9.94. The van der Waals surface area contributed by atoms with Crippen LogP contribution >= 0.6 is 0 Å². The van der Waals surface area contributed by atoms with E-state index in [1.54, 1.807) is 13.8 Å². The molecule has 2 unspecified atom stereocenters. The summed E-state index contributed by atoms with van der Waals surface area (Å²) in [5, 5.41) is 11.6. The van der Waals surface area contributed by atoms with Crippen molar-refractivity contribution in [2.24, 2.45) is 5.73 Å². The monoisotopic (exact) mass is 230 g/mol. The van der Waals surface area contributed by atoms with E-state index in [1.807, 2.05) is 0 Å². The average molecular weight is 230 g/mol. The van der Waals surface area contributed by atoms with E-state index < -0.39 is 23.0 Å². The molecule has 0 spiro atoms. The summed E-state index contributed by atoms with van der Waals surface area (Å²) in [6, 6.07) is 0. The van der Waals surface area contributed by atoms with E-state index in [2.05, 4.69) is 5.32 Å². The maximum Gasteiger partial charge on any atom is 0.331 e. The quantitative estimate of drug-likeness (QED) is 0.603. The first-order chi connectivity index (χ1) is 7.34. The van der Waals surface area contributed by atoms with Crippen molar-refractivity contribution in [2.45, 2.75) is 37.8 Å². The van der Waals surface area contributed by atoms with Crippen LogP contribution < -0.4 is 11.1 Å². The van der Waals surface area contributed by atoms with Gasteiger partial charge in [-0.15, -0.1) is 0 Å². The molecule has 1 heterocycles. The van der Waals surface area contributed by atoms with Crippen LogP contribution in [0.15, 0.2) is 0 Å². The molecule has 16 heavy (non-hydrogen) atoms. The maximum absolute atomic E-state index is 11.8. The molecule has 1 fully saturated rings. The van der Waals surface area contributed by atoms with Crippen LogP contribution in [0.1, 0.15) is 26.7 Å². The van der Waals surface area contributed by atoms with E-state index in [1.165, 1.54) is 0 Å². The van der Waals surface area contributed by atoms with E-state index in [0.29, 0.717) is 13.0 Å². The lowest BCUT2D eigenvalue weighted by molar-refractivity contribution is -0.148. The molecule has 2 atom stereocenters. The number of carbonyl (C=O) groups is 2. The van der Waals surface area contributed by atoms with Gasteiger partial charge in [-0.2, -0.15) is 0 Å². The number of amides is 1. The summed E-state index contributed by atoms with van der Waals surface area (Å²) in [5.74, 6) is -1.53. The topological polar surface area (TPSA) is 102 Å². The number of hydrogen-bond donors (Lipinski definition) is 3. The highest BCUT2D eigenvalue weighted by Gasteiger charge is 2.45. The number of aliphatic carboxylic acids is 1. The summed E-state index contributed by atoms with van der Waals surface area (Å²) in [5.41, 5.74) is 3.39. The average Bonchev–Trinajstić information content (AvgIpc) is 2.67. The van der Waals surface area contributed by atoms with Crippen LogP contribution in [0.3, 0.4) is 0 Å². The van der Waals surface area contributed by atoms with Crippen LogP contribution in [0, 0.1) is 0 Å². The van der Waals surface area contributed by atoms with E-state index in [-0.39, 0.29) is 13.0 Å². The Morgan fingerprint density at radius 2 is 2.25 bits per heavy atom. The number of carbonyl (C=O) groups excluding carboxylic acids is 1. The van der Waals surface area contributed by atoms with E-state index in [4.69, 9.17) is 15.6 Å². The van der Waals surface area contributed by atoms with E-state index in [9.17, 15) is 9.59 Å². The normalized spacial score (nSPS) is 28.4. The van der Waals surface area contributed by atoms with Gasteiger partial charge in [0.2, 0.25) is 5.91 Å². The highest BCUT2D eigenvalue weighted by atomic mass is 16.5. The maximum atomic E-state index is 11.8. The highest BCUT2D eigenvalue weighted by Crippen LogP contribution is 2.20. The second kappa shape index (κ2) is 4.39. The number of nitrogens with one attached hydrogen (secondary N) is 1. The molecule has 0 aliphatic carbocycles. The van der Waals surface area contributed by atoms with E-state index in [0.717, 1.165) is 0 Å². The van der Waals surface area contributed by atoms with Gasteiger partial charge in [0.25, 0.3) is 0 Å². The molecule has 1 aliphatic heterocycles. The fourth-order valence-electron chi connectivity index (χ4n) is 1.41. The molecule has 0 radical (unpaired) electrons. The van der Waals surface area contributed by atoms with Gasteiger partial charge in [-0.25, -0.2) is 4.79 Å². The minimum Gasteiger partial charge on any atom is -0.479 e. The lowest BCUT2D eigenvalue weighted by Gasteiger charge is -2.29. The van der Waals surface area contributed by atoms with Crippen molar-refractivity contribution in [1.82, 2.24) is 5.32 Å². The summed E-state index contributed by atoms with van der Waals surface area (Å²) in [6.45, 7) is 3.68. The Balaban J connectivity index is 2.78. The molecule has 4 N–H and O–H groups in total. The Morgan fingerprint density at radius 1 is 1.62 bits per heavy atom. The van der Waals surface area contributed by atoms with Crippen molar-refractivity contribution < 1.29 is 19.4 Å². The summed E-state index contributed by atoms with van der Waals surface area (Å²) in [7, 11) is 0. The SMILES string of the molecule is CCC(C)(N)C(=O)NC1(C(=O)O)CCOC1. The van der Waals surface area contributed by atoms with Crippen LogP contribution in [0.25, 0.3) is 0 Å². The number of nitrogens with two attached hydrogens (primary N) is 1. The number of carboxylic acid groups (broad SMARTS) is 1. The van der Waals surface area contributed by atoms with Crippen LogP contribution in [0.4, 0.5) is 0 Å². The number of hydrogen-bond acceptors (Lipinski definition) is 4. The third-order valence-corrected chi connectivity index (χ3v) is 3.04. The summed E-state index contributed by atoms with van der Waals surface area (Å²) in [6.07, 6.45) is 0.712.